The summed E-state index contributed by atoms with van der Waals surface area (Å²) in [7, 11) is 0. The monoisotopic (exact) mass is 363 g/mol. The summed E-state index contributed by atoms with van der Waals surface area (Å²) in [6, 6.07) is 5.95. The van der Waals surface area contributed by atoms with Gasteiger partial charge in [-0.1, -0.05) is 17.7 Å². The van der Waals surface area contributed by atoms with E-state index in [1.807, 2.05) is 0 Å². The molecule has 0 unspecified atom stereocenters. The number of fused-ring (bicyclic) bond motifs is 1. The van der Waals surface area contributed by atoms with Gasteiger partial charge in [0.05, 0.1) is 18.7 Å². The third kappa shape index (κ3) is 4.25. The Hall–Kier alpha value is -2.21. The first-order valence-electron chi connectivity index (χ1n) is 8.34. The molecule has 1 aromatic carbocycles. The summed E-state index contributed by atoms with van der Waals surface area (Å²) in [6.45, 7) is 0.527. The highest BCUT2D eigenvalue weighted by atomic mass is 35.5. The van der Waals surface area contributed by atoms with E-state index in [2.05, 4.69) is 10.4 Å². The minimum absolute atomic E-state index is 0.141. The summed E-state index contributed by atoms with van der Waals surface area (Å²) >= 11 is 5.92. The zero-order chi connectivity index (χ0) is 17.8. The number of amides is 1. The number of hydrogen-bond donors (Lipinski definition) is 1. The van der Waals surface area contributed by atoms with E-state index in [1.54, 1.807) is 12.1 Å². The van der Waals surface area contributed by atoms with Gasteiger partial charge in [-0.2, -0.15) is 5.10 Å². The molecule has 3 rings (SSSR count). The molecule has 1 aliphatic rings. The standard InChI is InChI=1S/C18H19ClFN3O2/c19-14-5-3-6-15(20)13(14)11-17(24)21-8-9-23-18(25)10-12-4-1-2-7-16(12)22-23/h3,5-6,10H,1-2,4,7-9,11H2,(H,21,24). The maximum absolute atomic E-state index is 13.7. The van der Waals surface area contributed by atoms with Gasteiger partial charge in [0.2, 0.25) is 5.91 Å². The van der Waals surface area contributed by atoms with Gasteiger partial charge in [0, 0.05) is 23.2 Å². The zero-order valence-corrected chi connectivity index (χ0v) is 14.5. The highest BCUT2D eigenvalue weighted by Crippen LogP contribution is 2.19. The molecule has 1 amide bonds. The number of aryl methyl sites for hydroxylation is 2. The van der Waals surface area contributed by atoms with Gasteiger partial charge < -0.3 is 5.32 Å². The average Bonchev–Trinajstić information content (AvgIpc) is 2.59. The van der Waals surface area contributed by atoms with E-state index < -0.39 is 5.82 Å². The molecule has 1 aromatic heterocycles. The van der Waals surface area contributed by atoms with Crippen molar-refractivity contribution < 1.29 is 9.18 Å². The van der Waals surface area contributed by atoms with Crippen LogP contribution in [0.2, 0.25) is 5.02 Å². The predicted octanol–water partition coefficient (Wildman–Crippen LogP) is 2.27. The lowest BCUT2D eigenvalue weighted by Crippen LogP contribution is -2.34. The van der Waals surface area contributed by atoms with Crippen LogP contribution in [0.1, 0.15) is 29.7 Å². The fourth-order valence-electron chi connectivity index (χ4n) is 2.99. The Balaban J connectivity index is 1.58. The first-order chi connectivity index (χ1) is 12.0. The van der Waals surface area contributed by atoms with Crippen LogP contribution < -0.4 is 10.9 Å². The second-order valence-electron chi connectivity index (χ2n) is 6.11. The molecule has 0 atom stereocenters. The van der Waals surface area contributed by atoms with E-state index in [0.29, 0.717) is 0 Å². The normalized spacial score (nSPS) is 13.4. The number of rotatable bonds is 5. The van der Waals surface area contributed by atoms with Crippen molar-refractivity contribution in [2.75, 3.05) is 6.54 Å². The molecule has 0 aliphatic heterocycles. The Labute approximate surface area is 149 Å². The molecule has 0 bridgehead atoms. The topological polar surface area (TPSA) is 64.0 Å². The number of nitrogens with zero attached hydrogens (tertiary/aromatic N) is 2. The lowest BCUT2D eigenvalue weighted by atomic mass is 9.97. The highest BCUT2D eigenvalue weighted by molar-refractivity contribution is 6.31. The number of halogens is 2. The highest BCUT2D eigenvalue weighted by Gasteiger charge is 2.14. The molecular weight excluding hydrogens is 345 g/mol. The molecule has 2 aromatic rings. The molecule has 7 heteroatoms. The van der Waals surface area contributed by atoms with Gasteiger partial charge in [-0.05, 0) is 43.4 Å². The van der Waals surface area contributed by atoms with E-state index >= 15 is 0 Å². The second kappa shape index (κ2) is 7.78. The fraction of sp³-hybridized carbons (Fsp3) is 0.389. The molecule has 1 heterocycles. The van der Waals surface area contributed by atoms with Crippen molar-refractivity contribution in [3.8, 4) is 0 Å². The Bertz CT molecular complexity index is 830. The molecule has 1 aliphatic carbocycles. The number of hydrogen-bond acceptors (Lipinski definition) is 3. The van der Waals surface area contributed by atoms with Crippen molar-refractivity contribution in [1.82, 2.24) is 15.1 Å². The number of carbonyl (C=O) groups excluding carboxylic acids is 1. The van der Waals surface area contributed by atoms with Gasteiger partial charge in [0.15, 0.2) is 0 Å². The van der Waals surface area contributed by atoms with Gasteiger partial charge in [0.1, 0.15) is 5.82 Å². The molecule has 0 saturated carbocycles. The molecule has 1 N–H and O–H groups in total. The molecule has 0 radical (unpaired) electrons. The van der Waals surface area contributed by atoms with Crippen LogP contribution in [0.25, 0.3) is 0 Å². The maximum atomic E-state index is 13.7. The zero-order valence-electron chi connectivity index (χ0n) is 13.7. The molecule has 0 spiro atoms. The minimum atomic E-state index is -0.504. The largest absolute Gasteiger partial charge is 0.354 e. The molecule has 25 heavy (non-hydrogen) atoms. The SMILES string of the molecule is O=C(Cc1c(F)cccc1Cl)NCCn1nc2c(cc1=O)CCCC2. The summed E-state index contributed by atoms with van der Waals surface area (Å²) in [5, 5.41) is 7.30. The Morgan fingerprint density at radius 3 is 2.92 bits per heavy atom. The fourth-order valence-corrected chi connectivity index (χ4v) is 3.22. The quantitative estimate of drug-likeness (QED) is 0.886. The number of carbonyl (C=O) groups is 1. The van der Waals surface area contributed by atoms with Crippen LogP contribution >= 0.6 is 11.6 Å². The third-order valence-electron chi connectivity index (χ3n) is 4.32. The van der Waals surface area contributed by atoms with Gasteiger partial charge in [-0.15, -0.1) is 0 Å². The molecule has 132 valence electrons. The summed E-state index contributed by atoms with van der Waals surface area (Å²) < 4.78 is 15.1. The van der Waals surface area contributed by atoms with Gasteiger partial charge in [-0.3, -0.25) is 9.59 Å². The first-order valence-corrected chi connectivity index (χ1v) is 8.72. The Kier molecular flexibility index (Phi) is 5.48. The first kappa shape index (κ1) is 17.6. The van der Waals surface area contributed by atoms with Crippen molar-refractivity contribution in [3.05, 3.63) is 62.3 Å². The van der Waals surface area contributed by atoms with E-state index in [1.165, 1.54) is 16.8 Å². The van der Waals surface area contributed by atoms with E-state index in [-0.39, 0.29) is 41.6 Å². The Morgan fingerprint density at radius 2 is 2.12 bits per heavy atom. The molecular formula is C18H19ClFN3O2. The van der Waals surface area contributed by atoms with Gasteiger partial charge in [-0.25, -0.2) is 9.07 Å². The molecule has 0 fully saturated rings. The third-order valence-corrected chi connectivity index (χ3v) is 4.67. The second-order valence-corrected chi connectivity index (χ2v) is 6.52. The lowest BCUT2D eigenvalue weighted by Gasteiger charge is -2.16. The van der Waals surface area contributed by atoms with Crippen molar-refractivity contribution in [2.24, 2.45) is 0 Å². The van der Waals surface area contributed by atoms with Crippen LogP contribution in [0.15, 0.2) is 29.1 Å². The van der Waals surface area contributed by atoms with Crippen molar-refractivity contribution in [2.45, 2.75) is 38.6 Å². The van der Waals surface area contributed by atoms with Gasteiger partial charge in [0.25, 0.3) is 5.56 Å². The Morgan fingerprint density at radius 1 is 1.32 bits per heavy atom. The van der Waals surface area contributed by atoms with E-state index in [0.717, 1.165) is 36.9 Å². The van der Waals surface area contributed by atoms with Crippen LogP contribution in [0.3, 0.4) is 0 Å². The average molecular weight is 364 g/mol. The number of aromatic nitrogens is 2. The molecule has 5 nitrogen and oxygen atoms in total. The van der Waals surface area contributed by atoms with Crippen LogP contribution in [-0.4, -0.2) is 22.2 Å². The van der Waals surface area contributed by atoms with Gasteiger partial charge >= 0.3 is 0 Å². The predicted molar refractivity (Wildman–Crippen MR) is 93.3 cm³/mol. The van der Waals surface area contributed by atoms with Crippen LogP contribution in [0.4, 0.5) is 4.39 Å². The van der Waals surface area contributed by atoms with Crippen LogP contribution in [0.5, 0.6) is 0 Å². The summed E-state index contributed by atoms with van der Waals surface area (Å²) in [5.41, 5.74) is 2.01. The van der Waals surface area contributed by atoms with E-state index in [4.69, 9.17) is 11.6 Å². The smallest absolute Gasteiger partial charge is 0.267 e. The molecule has 0 saturated heterocycles. The van der Waals surface area contributed by atoms with Crippen molar-refractivity contribution in [3.63, 3.8) is 0 Å². The summed E-state index contributed by atoms with van der Waals surface area (Å²) in [4.78, 5) is 24.0. The van der Waals surface area contributed by atoms with Crippen LogP contribution in [0, 0.1) is 5.82 Å². The van der Waals surface area contributed by atoms with Crippen molar-refractivity contribution in [1.29, 1.82) is 0 Å². The maximum Gasteiger partial charge on any atom is 0.267 e. The lowest BCUT2D eigenvalue weighted by molar-refractivity contribution is -0.120. The summed E-state index contributed by atoms with van der Waals surface area (Å²) in [5.74, 6) is -0.853. The number of nitrogens with one attached hydrogen (secondary N) is 1. The summed E-state index contributed by atoms with van der Waals surface area (Å²) in [6.07, 6.45) is 3.81. The number of benzene rings is 1. The van der Waals surface area contributed by atoms with E-state index in [9.17, 15) is 14.0 Å². The van der Waals surface area contributed by atoms with Crippen LogP contribution in [-0.2, 0) is 30.6 Å². The van der Waals surface area contributed by atoms with Crippen molar-refractivity contribution >= 4 is 17.5 Å². The minimum Gasteiger partial charge on any atom is -0.354 e.